The van der Waals surface area contributed by atoms with E-state index in [-0.39, 0.29) is 28.6 Å². The third-order valence-electron chi connectivity index (χ3n) is 4.24. The van der Waals surface area contributed by atoms with E-state index in [1.807, 2.05) is 45.2 Å². The molecule has 0 radical (unpaired) electrons. The van der Waals surface area contributed by atoms with Crippen molar-refractivity contribution in [2.45, 2.75) is 45.1 Å². The summed E-state index contributed by atoms with van der Waals surface area (Å²) in [7, 11) is 0. The highest BCUT2D eigenvalue weighted by molar-refractivity contribution is 6.35. The van der Waals surface area contributed by atoms with Crippen LogP contribution in [0.1, 0.15) is 45.1 Å². The van der Waals surface area contributed by atoms with Crippen molar-refractivity contribution in [1.82, 2.24) is 10.3 Å². The van der Waals surface area contributed by atoms with E-state index in [0.29, 0.717) is 17.9 Å². The number of Topliss-reactive ketones (excluding diaryl/α,β-unsaturated/α-hetero) is 2. The molecule has 5 heteroatoms. The number of allylic oxidation sites excluding steroid dienone is 1. The molecule has 2 aromatic rings. The van der Waals surface area contributed by atoms with Gasteiger partial charge in [0.1, 0.15) is 0 Å². The summed E-state index contributed by atoms with van der Waals surface area (Å²) < 4.78 is 0. The molecule has 3 rings (SSSR count). The van der Waals surface area contributed by atoms with Crippen molar-refractivity contribution < 1.29 is 9.59 Å². The third kappa shape index (κ3) is 3.24. The van der Waals surface area contributed by atoms with Crippen LogP contribution in [0.15, 0.2) is 36.2 Å². The fraction of sp³-hybridized carbons (Fsp3) is 0.368. The standard InChI is InChI=1S/C19H21ClN2O2/c1-19(2,3)22-10-13-16(23)7-11(8-17(13)24)12-9-21-15-6-4-5-14(20)18(12)15/h4-6,9-11,21-22H,7-8H2,1-3H3. The molecule has 0 bridgehead atoms. The van der Waals surface area contributed by atoms with Gasteiger partial charge in [-0.1, -0.05) is 17.7 Å². The quantitative estimate of drug-likeness (QED) is 0.636. The van der Waals surface area contributed by atoms with Crippen molar-refractivity contribution in [3.63, 3.8) is 0 Å². The first-order valence-corrected chi connectivity index (χ1v) is 8.44. The minimum absolute atomic E-state index is 0.116. The maximum atomic E-state index is 12.5. The molecule has 0 spiro atoms. The van der Waals surface area contributed by atoms with Crippen LogP contribution in [-0.2, 0) is 9.59 Å². The predicted octanol–water partition coefficient (Wildman–Crippen LogP) is 4.11. The van der Waals surface area contributed by atoms with Crippen molar-refractivity contribution in [2.24, 2.45) is 0 Å². The van der Waals surface area contributed by atoms with Crippen LogP contribution in [0.25, 0.3) is 10.9 Å². The second-order valence-electron chi connectivity index (χ2n) is 7.31. The number of benzene rings is 1. The van der Waals surface area contributed by atoms with Gasteiger partial charge in [0.2, 0.25) is 0 Å². The molecular formula is C19H21ClN2O2. The lowest BCUT2D eigenvalue weighted by atomic mass is 9.80. The first kappa shape index (κ1) is 16.8. The van der Waals surface area contributed by atoms with Gasteiger partial charge in [0, 0.05) is 47.6 Å². The second kappa shape index (κ2) is 6.10. The van der Waals surface area contributed by atoms with E-state index in [0.717, 1.165) is 16.5 Å². The van der Waals surface area contributed by atoms with Gasteiger partial charge in [-0.2, -0.15) is 0 Å². The number of rotatable bonds is 2. The fourth-order valence-electron chi connectivity index (χ4n) is 3.05. The smallest absolute Gasteiger partial charge is 0.168 e. The average molecular weight is 345 g/mol. The summed E-state index contributed by atoms with van der Waals surface area (Å²) in [5, 5.41) is 4.66. The van der Waals surface area contributed by atoms with Crippen LogP contribution >= 0.6 is 11.6 Å². The Morgan fingerprint density at radius 3 is 2.50 bits per heavy atom. The van der Waals surface area contributed by atoms with Crippen molar-refractivity contribution in [3.8, 4) is 0 Å². The predicted molar refractivity (Wildman–Crippen MR) is 96.3 cm³/mol. The summed E-state index contributed by atoms with van der Waals surface area (Å²) >= 11 is 6.31. The summed E-state index contributed by atoms with van der Waals surface area (Å²) in [5.41, 5.74) is 1.95. The Labute approximate surface area is 146 Å². The van der Waals surface area contributed by atoms with Crippen molar-refractivity contribution in [1.29, 1.82) is 0 Å². The van der Waals surface area contributed by atoms with Crippen molar-refractivity contribution in [3.05, 3.63) is 46.8 Å². The van der Waals surface area contributed by atoms with Crippen LogP contribution in [0.2, 0.25) is 5.02 Å². The van der Waals surface area contributed by atoms with Crippen LogP contribution in [-0.4, -0.2) is 22.1 Å². The summed E-state index contributed by atoms with van der Waals surface area (Å²) in [4.78, 5) is 28.1. The SMILES string of the molecule is CC(C)(C)NC=C1C(=O)CC(c2c[nH]c3cccc(Cl)c23)CC1=O. The molecule has 4 nitrogen and oxygen atoms in total. The molecule has 1 saturated carbocycles. The minimum Gasteiger partial charge on any atom is -0.386 e. The van der Waals surface area contributed by atoms with Gasteiger partial charge in [-0.3, -0.25) is 9.59 Å². The number of aromatic amines is 1. The van der Waals surface area contributed by atoms with E-state index in [1.165, 1.54) is 0 Å². The van der Waals surface area contributed by atoms with Gasteiger partial charge in [-0.05, 0) is 38.5 Å². The summed E-state index contributed by atoms with van der Waals surface area (Å²) in [6.45, 7) is 5.95. The number of hydrogen-bond donors (Lipinski definition) is 2. The third-order valence-corrected chi connectivity index (χ3v) is 4.55. The van der Waals surface area contributed by atoms with Crippen LogP contribution in [0.5, 0.6) is 0 Å². The van der Waals surface area contributed by atoms with Crippen LogP contribution in [0.3, 0.4) is 0 Å². The number of ketones is 2. The Kier molecular flexibility index (Phi) is 4.26. The summed E-state index contributed by atoms with van der Waals surface area (Å²) in [5.74, 6) is -0.366. The molecular weight excluding hydrogens is 324 g/mol. The van der Waals surface area contributed by atoms with E-state index in [4.69, 9.17) is 11.6 Å². The lowest BCUT2D eigenvalue weighted by Crippen LogP contribution is -2.34. The number of carbonyl (C=O) groups excluding carboxylic acids is 2. The molecule has 1 aliphatic rings. The molecule has 1 heterocycles. The zero-order chi connectivity index (χ0) is 17.5. The van der Waals surface area contributed by atoms with Gasteiger partial charge < -0.3 is 10.3 Å². The first-order valence-electron chi connectivity index (χ1n) is 8.06. The van der Waals surface area contributed by atoms with Crippen LogP contribution < -0.4 is 5.32 Å². The molecule has 0 unspecified atom stereocenters. The van der Waals surface area contributed by atoms with Crippen molar-refractivity contribution in [2.75, 3.05) is 0 Å². The Bertz CT molecular complexity index is 823. The number of nitrogens with one attached hydrogen (secondary N) is 2. The number of fused-ring (bicyclic) bond motifs is 1. The lowest BCUT2D eigenvalue weighted by Gasteiger charge is -2.24. The lowest BCUT2D eigenvalue weighted by molar-refractivity contribution is -0.124. The number of carbonyl (C=O) groups is 2. The normalized spacial score (nSPS) is 19.0. The minimum atomic E-state index is -0.186. The number of halogens is 1. The molecule has 1 fully saturated rings. The zero-order valence-electron chi connectivity index (χ0n) is 14.1. The van der Waals surface area contributed by atoms with Gasteiger partial charge in [0.15, 0.2) is 11.6 Å². The van der Waals surface area contributed by atoms with E-state index in [1.54, 1.807) is 6.20 Å². The molecule has 24 heavy (non-hydrogen) atoms. The highest BCUT2D eigenvalue weighted by Crippen LogP contribution is 2.38. The van der Waals surface area contributed by atoms with Gasteiger partial charge in [-0.15, -0.1) is 0 Å². The van der Waals surface area contributed by atoms with Gasteiger partial charge in [0.05, 0.1) is 10.6 Å². The summed E-state index contributed by atoms with van der Waals surface area (Å²) in [6, 6.07) is 5.64. The molecule has 2 N–H and O–H groups in total. The fourth-order valence-corrected chi connectivity index (χ4v) is 3.34. The highest BCUT2D eigenvalue weighted by atomic mass is 35.5. The van der Waals surface area contributed by atoms with Crippen molar-refractivity contribution >= 4 is 34.1 Å². The van der Waals surface area contributed by atoms with E-state index in [2.05, 4.69) is 10.3 Å². The summed E-state index contributed by atoms with van der Waals surface area (Å²) in [6.07, 6.45) is 4.08. The van der Waals surface area contributed by atoms with E-state index in [9.17, 15) is 9.59 Å². The molecule has 0 atom stereocenters. The number of aromatic nitrogens is 1. The molecule has 0 saturated heterocycles. The maximum Gasteiger partial charge on any atom is 0.168 e. The molecule has 1 aromatic carbocycles. The number of hydrogen-bond acceptors (Lipinski definition) is 3. The van der Waals surface area contributed by atoms with Gasteiger partial charge in [0.25, 0.3) is 0 Å². The van der Waals surface area contributed by atoms with Gasteiger partial charge in [-0.25, -0.2) is 0 Å². The van der Waals surface area contributed by atoms with E-state index >= 15 is 0 Å². The Morgan fingerprint density at radius 1 is 1.21 bits per heavy atom. The molecule has 126 valence electrons. The second-order valence-corrected chi connectivity index (χ2v) is 7.72. The Hall–Kier alpha value is -2.07. The topological polar surface area (TPSA) is 62.0 Å². The Balaban J connectivity index is 1.89. The maximum absolute atomic E-state index is 12.5. The molecule has 0 aliphatic heterocycles. The number of H-pyrrole nitrogens is 1. The highest BCUT2D eigenvalue weighted by Gasteiger charge is 2.33. The average Bonchev–Trinajstić information content (AvgIpc) is 2.90. The van der Waals surface area contributed by atoms with E-state index < -0.39 is 0 Å². The van der Waals surface area contributed by atoms with Gasteiger partial charge >= 0.3 is 0 Å². The monoisotopic (exact) mass is 344 g/mol. The largest absolute Gasteiger partial charge is 0.386 e. The van der Waals surface area contributed by atoms with Crippen LogP contribution in [0, 0.1) is 0 Å². The molecule has 1 aliphatic carbocycles. The van der Waals surface area contributed by atoms with Crippen LogP contribution in [0.4, 0.5) is 0 Å². The molecule has 0 amide bonds. The molecule has 1 aromatic heterocycles. The zero-order valence-corrected chi connectivity index (χ0v) is 14.8. The Morgan fingerprint density at radius 2 is 1.88 bits per heavy atom. The first-order chi connectivity index (χ1) is 11.3.